The van der Waals surface area contributed by atoms with Crippen LogP contribution in [0.3, 0.4) is 0 Å². The summed E-state index contributed by atoms with van der Waals surface area (Å²) in [5.41, 5.74) is 0. The van der Waals surface area contributed by atoms with Crippen LogP contribution >= 0.6 is 27.0 Å². The average Bonchev–Trinajstić information content (AvgIpc) is 3.16. The van der Waals surface area contributed by atoms with Crippen molar-refractivity contribution in [1.82, 2.24) is 10.2 Å². The molecular formula is C13H26N2O8P2S. The van der Waals surface area contributed by atoms with Crippen LogP contribution in [0.1, 0.15) is 39.5 Å². The van der Waals surface area contributed by atoms with Crippen molar-refractivity contribution in [2.24, 2.45) is 0 Å². The third kappa shape index (κ3) is 7.40. The quantitative estimate of drug-likeness (QED) is 0.398. The van der Waals surface area contributed by atoms with Crippen LogP contribution in [0.5, 0.6) is 0 Å². The summed E-state index contributed by atoms with van der Waals surface area (Å²) in [6.07, 6.45) is 2.37. The molecule has 3 unspecified atom stereocenters. The van der Waals surface area contributed by atoms with Crippen LogP contribution in [-0.2, 0) is 18.7 Å². The Morgan fingerprint density at radius 2 is 1.73 bits per heavy atom. The summed E-state index contributed by atoms with van der Waals surface area (Å²) < 4.78 is 21.7. The Morgan fingerprint density at radius 3 is 2.12 bits per heavy atom. The first-order chi connectivity index (χ1) is 11.8. The number of rotatable bonds is 4. The lowest BCUT2D eigenvalue weighted by atomic mass is 10.4. The van der Waals surface area contributed by atoms with Crippen LogP contribution in [0.4, 0.5) is 0 Å². The maximum absolute atomic E-state index is 11.9. The number of carbonyl (C=O) groups excluding carboxylic acids is 2. The topological polar surface area (TPSA) is 164 Å². The summed E-state index contributed by atoms with van der Waals surface area (Å²) in [5.74, 6) is -1.97. The molecule has 0 saturated carbocycles. The molecule has 1 amide bonds. The average molecular weight is 432 g/mol. The second-order valence-electron chi connectivity index (χ2n) is 6.20. The second-order valence-corrected chi connectivity index (χ2v) is 11.3. The summed E-state index contributed by atoms with van der Waals surface area (Å²) in [4.78, 5) is 59.5. The Balaban J connectivity index is 0.000000314. The van der Waals surface area contributed by atoms with Gasteiger partial charge in [0.1, 0.15) is 11.6 Å². The molecule has 2 rings (SSSR count). The molecule has 0 aromatic carbocycles. The van der Waals surface area contributed by atoms with Crippen molar-refractivity contribution in [1.29, 1.82) is 0 Å². The fourth-order valence-corrected chi connectivity index (χ4v) is 5.57. The second kappa shape index (κ2) is 9.80. The van der Waals surface area contributed by atoms with Gasteiger partial charge in [0.15, 0.2) is 5.12 Å². The van der Waals surface area contributed by atoms with Gasteiger partial charge in [0.2, 0.25) is 5.91 Å². The monoisotopic (exact) mass is 432 g/mol. The molecule has 0 aromatic heterocycles. The highest BCUT2D eigenvalue weighted by molar-refractivity contribution is 8.14. The maximum Gasteiger partial charge on any atom is 0.347 e. The number of nitrogens with zero attached hydrogens (tertiary/aromatic N) is 1. The Bertz CT molecular complexity index is 601. The normalized spacial score (nSPS) is 24.8. The van der Waals surface area contributed by atoms with Crippen LogP contribution in [0, 0.1) is 0 Å². The van der Waals surface area contributed by atoms with Crippen molar-refractivity contribution in [3.8, 4) is 0 Å². The Labute approximate surface area is 156 Å². The Morgan fingerprint density at radius 1 is 1.12 bits per heavy atom. The summed E-state index contributed by atoms with van der Waals surface area (Å²) in [6.45, 7) is 4.01. The molecule has 2 aliphatic heterocycles. The van der Waals surface area contributed by atoms with E-state index in [1.807, 2.05) is 0 Å². The zero-order valence-corrected chi connectivity index (χ0v) is 17.3. The molecule has 5 N–H and O–H groups in total. The molecular weight excluding hydrogens is 406 g/mol. The van der Waals surface area contributed by atoms with Gasteiger partial charge in [-0.2, -0.15) is 0 Å². The molecule has 0 spiro atoms. The summed E-state index contributed by atoms with van der Waals surface area (Å²) >= 11 is 0.879. The van der Waals surface area contributed by atoms with E-state index in [0.29, 0.717) is 25.8 Å². The van der Waals surface area contributed by atoms with Crippen molar-refractivity contribution >= 4 is 38.0 Å². The standard InChI is InChI=1S/C9H16NO5PS.C4H10NO3P/c1-6(17-7(2)11)9(12)10-5-3-4-8(10)16(13,14)15;6-9(7,8)4-2-1-3-5-4/h6,8H,3-5H2,1-2H3,(H2,13,14,15);4-5H,1-3H2,(H2,6,7,8). The van der Waals surface area contributed by atoms with E-state index >= 15 is 0 Å². The summed E-state index contributed by atoms with van der Waals surface area (Å²) in [6, 6.07) is 0. The van der Waals surface area contributed by atoms with Crippen LogP contribution in [0.2, 0.25) is 0 Å². The van der Waals surface area contributed by atoms with Crippen LogP contribution < -0.4 is 5.32 Å². The molecule has 0 aliphatic carbocycles. The number of likely N-dealkylation sites (tertiary alicyclic amines) is 1. The Kier molecular flexibility index (Phi) is 8.96. The van der Waals surface area contributed by atoms with Gasteiger partial charge in [0, 0.05) is 13.5 Å². The highest BCUT2D eigenvalue weighted by Gasteiger charge is 2.41. The Hall–Kier alpha value is -0.250. The minimum atomic E-state index is -4.29. The maximum atomic E-state index is 11.9. The van der Waals surface area contributed by atoms with Gasteiger partial charge < -0.3 is 29.8 Å². The molecule has 2 aliphatic rings. The zero-order chi connectivity index (χ0) is 20.1. The third-order valence-corrected chi connectivity index (χ3v) is 7.48. The number of hydrogen-bond donors (Lipinski definition) is 5. The molecule has 0 aromatic rings. The van der Waals surface area contributed by atoms with Gasteiger partial charge in [-0.05, 0) is 39.2 Å². The first kappa shape index (κ1) is 23.8. The highest BCUT2D eigenvalue weighted by atomic mass is 32.2. The predicted octanol–water partition coefficient (Wildman–Crippen LogP) is 0.654. The van der Waals surface area contributed by atoms with Gasteiger partial charge in [-0.3, -0.25) is 18.7 Å². The van der Waals surface area contributed by atoms with E-state index < -0.39 is 32.0 Å². The number of hydrogen-bond acceptors (Lipinski definition) is 6. The first-order valence-electron chi connectivity index (χ1n) is 8.15. The molecule has 26 heavy (non-hydrogen) atoms. The summed E-state index contributed by atoms with van der Waals surface area (Å²) in [5, 5.41) is 1.95. The van der Waals surface area contributed by atoms with Crippen molar-refractivity contribution in [2.75, 3.05) is 13.1 Å². The molecule has 13 heteroatoms. The first-order valence-corrected chi connectivity index (χ1v) is 12.4. The van der Waals surface area contributed by atoms with Gasteiger partial charge >= 0.3 is 15.2 Å². The van der Waals surface area contributed by atoms with Crippen LogP contribution in [0.15, 0.2) is 0 Å². The van der Waals surface area contributed by atoms with Gasteiger partial charge in [0.05, 0.1) is 5.25 Å². The van der Waals surface area contributed by atoms with E-state index in [4.69, 9.17) is 19.6 Å². The van der Waals surface area contributed by atoms with Crippen LogP contribution in [-0.4, -0.2) is 65.4 Å². The lowest BCUT2D eigenvalue weighted by Gasteiger charge is -2.27. The van der Waals surface area contributed by atoms with E-state index in [1.165, 1.54) is 11.8 Å². The van der Waals surface area contributed by atoms with E-state index in [9.17, 15) is 18.7 Å². The molecule has 152 valence electrons. The minimum Gasteiger partial charge on any atom is -0.327 e. The number of amides is 1. The fraction of sp³-hybridized carbons (Fsp3) is 0.846. The smallest absolute Gasteiger partial charge is 0.327 e. The minimum absolute atomic E-state index is 0.183. The number of carbonyl (C=O) groups is 2. The van der Waals surface area contributed by atoms with Gasteiger partial charge in [-0.15, -0.1) is 0 Å². The molecule has 2 fully saturated rings. The lowest BCUT2D eigenvalue weighted by molar-refractivity contribution is -0.130. The largest absolute Gasteiger partial charge is 0.347 e. The van der Waals surface area contributed by atoms with Gasteiger partial charge in [-0.1, -0.05) is 11.8 Å². The number of nitrogens with one attached hydrogen (secondary N) is 1. The fourth-order valence-electron chi connectivity index (χ4n) is 2.84. The zero-order valence-electron chi connectivity index (χ0n) is 14.6. The molecule has 10 nitrogen and oxygen atoms in total. The van der Waals surface area contributed by atoms with Crippen molar-refractivity contribution in [2.45, 2.75) is 56.3 Å². The molecule has 2 heterocycles. The van der Waals surface area contributed by atoms with Crippen molar-refractivity contribution < 1.29 is 38.3 Å². The van der Waals surface area contributed by atoms with E-state index in [2.05, 4.69) is 5.32 Å². The van der Waals surface area contributed by atoms with Crippen molar-refractivity contribution in [3.63, 3.8) is 0 Å². The van der Waals surface area contributed by atoms with Gasteiger partial charge in [0.25, 0.3) is 0 Å². The van der Waals surface area contributed by atoms with E-state index in [-0.39, 0.29) is 11.0 Å². The van der Waals surface area contributed by atoms with Gasteiger partial charge in [-0.25, -0.2) is 0 Å². The molecule has 3 atom stereocenters. The van der Waals surface area contributed by atoms with E-state index in [1.54, 1.807) is 6.92 Å². The molecule has 0 radical (unpaired) electrons. The predicted molar refractivity (Wildman–Crippen MR) is 97.6 cm³/mol. The third-order valence-electron chi connectivity index (χ3n) is 4.02. The van der Waals surface area contributed by atoms with Crippen molar-refractivity contribution in [3.05, 3.63) is 0 Å². The number of thioether (sulfide) groups is 1. The lowest BCUT2D eigenvalue weighted by Crippen LogP contribution is -2.40. The molecule has 2 saturated heterocycles. The van der Waals surface area contributed by atoms with Crippen LogP contribution in [0.25, 0.3) is 0 Å². The van der Waals surface area contributed by atoms with E-state index in [0.717, 1.165) is 24.7 Å². The highest BCUT2D eigenvalue weighted by Crippen LogP contribution is 2.48. The molecule has 0 bridgehead atoms. The SMILES string of the molecule is CC(=O)SC(C)C(=O)N1CCCC1P(=O)(O)O.O=P(O)(O)C1CCCN1. The summed E-state index contributed by atoms with van der Waals surface area (Å²) in [7, 11) is -8.11.